The summed E-state index contributed by atoms with van der Waals surface area (Å²) in [4.78, 5) is 12.0. The molecule has 5 atom stereocenters. The fourth-order valence-corrected chi connectivity index (χ4v) is 6.69. The highest BCUT2D eigenvalue weighted by atomic mass is 32.2. The Morgan fingerprint density at radius 2 is 2.09 bits per heavy atom. The summed E-state index contributed by atoms with van der Waals surface area (Å²) in [6.45, 7) is 2.18. The van der Waals surface area contributed by atoms with Crippen molar-refractivity contribution < 1.29 is 22.1 Å². The van der Waals surface area contributed by atoms with Gasteiger partial charge in [-0.05, 0) is 25.0 Å². The molecule has 3 aliphatic rings. The molecular weight excluding hydrogens is 324 g/mol. The van der Waals surface area contributed by atoms with Crippen LogP contribution in [0.15, 0.2) is 0 Å². The summed E-state index contributed by atoms with van der Waals surface area (Å²) in [5.74, 6) is 1.29. The summed E-state index contributed by atoms with van der Waals surface area (Å²) in [7, 11) is -3.43. The summed E-state index contributed by atoms with van der Waals surface area (Å²) in [6.07, 6.45) is 5.42. The molecule has 5 unspecified atom stereocenters. The van der Waals surface area contributed by atoms with Crippen molar-refractivity contribution in [3.8, 4) is 0 Å². The Bertz CT molecular complexity index is 518. The minimum Gasteiger partial charge on any atom is -0.459 e. The SMILES string of the molecule is CCCCCCSCC(=O)OC1C2CC3C1OS(=O)(=O)C3C2. The zero-order chi connectivity index (χ0) is 15.7. The van der Waals surface area contributed by atoms with Gasteiger partial charge in [-0.15, -0.1) is 0 Å². The van der Waals surface area contributed by atoms with Crippen molar-refractivity contribution in [1.82, 2.24) is 0 Å². The van der Waals surface area contributed by atoms with Gasteiger partial charge < -0.3 is 4.74 Å². The van der Waals surface area contributed by atoms with E-state index in [1.807, 2.05) is 0 Å². The third kappa shape index (κ3) is 3.17. The zero-order valence-electron chi connectivity index (χ0n) is 12.9. The number of fused-ring (bicyclic) bond motifs is 1. The topological polar surface area (TPSA) is 69.7 Å². The van der Waals surface area contributed by atoms with E-state index in [9.17, 15) is 13.2 Å². The number of ether oxygens (including phenoxy) is 1. The van der Waals surface area contributed by atoms with E-state index in [0.717, 1.165) is 18.6 Å². The molecule has 3 fully saturated rings. The van der Waals surface area contributed by atoms with Crippen molar-refractivity contribution in [3.63, 3.8) is 0 Å². The third-order valence-corrected chi connectivity index (χ3v) is 7.83. The summed E-state index contributed by atoms with van der Waals surface area (Å²) >= 11 is 1.60. The number of rotatable bonds is 8. The fourth-order valence-electron chi connectivity index (χ4n) is 4.02. The van der Waals surface area contributed by atoms with Gasteiger partial charge in [0.25, 0.3) is 10.1 Å². The van der Waals surface area contributed by atoms with Gasteiger partial charge in [0.2, 0.25) is 0 Å². The summed E-state index contributed by atoms with van der Waals surface area (Å²) in [6, 6.07) is 0. The maximum atomic E-state index is 12.0. The molecular formula is C15H24O5S2. The lowest BCUT2D eigenvalue weighted by Gasteiger charge is -2.24. The van der Waals surface area contributed by atoms with Crippen LogP contribution < -0.4 is 0 Å². The lowest BCUT2D eigenvalue weighted by molar-refractivity contribution is -0.152. The van der Waals surface area contributed by atoms with E-state index < -0.39 is 16.2 Å². The van der Waals surface area contributed by atoms with Crippen LogP contribution in [0.3, 0.4) is 0 Å². The number of esters is 1. The van der Waals surface area contributed by atoms with Gasteiger partial charge in [0.15, 0.2) is 0 Å². The molecule has 3 rings (SSSR count). The maximum Gasteiger partial charge on any atom is 0.316 e. The molecule has 0 N–H and O–H groups in total. The van der Waals surface area contributed by atoms with E-state index >= 15 is 0 Å². The van der Waals surface area contributed by atoms with E-state index in [2.05, 4.69) is 6.92 Å². The van der Waals surface area contributed by atoms with Crippen molar-refractivity contribution in [2.24, 2.45) is 11.8 Å². The molecule has 0 aromatic carbocycles. The lowest BCUT2D eigenvalue weighted by atomic mass is 9.94. The maximum absolute atomic E-state index is 12.0. The number of carbonyl (C=O) groups excluding carboxylic acids is 1. The van der Waals surface area contributed by atoms with Crippen molar-refractivity contribution >= 4 is 27.8 Å². The standard InChI is InChI=1S/C15H24O5S2/c1-2-3-4-5-6-21-9-13(16)19-14-10-7-11-12(8-10)22(17,18)20-15(11)14/h10-12,14-15H,2-9H2,1H3. The van der Waals surface area contributed by atoms with Gasteiger partial charge >= 0.3 is 5.97 Å². The van der Waals surface area contributed by atoms with Gasteiger partial charge in [-0.3, -0.25) is 8.98 Å². The van der Waals surface area contributed by atoms with Crippen LogP contribution in [0, 0.1) is 11.8 Å². The monoisotopic (exact) mass is 348 g/mol. The van der Waals surface area contributed by atoms with Gasteiger partial charge in [-0.1, -0.05) is 26.2 Å². The summed E-state index contributed by atoms with van der Waals surface area (Å²) < 4.78 is 34.4. The first-order valence-electron chi connectivity index (χ1n) is 8.22. The zero-order valence-corrected chi connectivity index (χ0v) is 14.5. The van der Waals surface area contributed by atoms with Crippen LogP contribution in [0.2, 0.25) is 0 Å². The number of carbonyl (C=O) groups is 1. The lowest BCUT2D eigenvalue weighted by Crippen LogP contribution is -2.37. The molecule has 1 heterocycles. The van der Waals surface area contributed by atoms with Crippen LogP contribution in [0.5, 0.6) is 0 Å². The molecule has 7 heteroatoms. The second-order valence-corrected chi connectivity index (χ2v) is 9.44. The van der Waals surface area contributed by atoms with Crippen LogP contribution in [0.25, 0.3) is 0 Å². The number of thioether (sulfide) groups is 1. The molecule has 0 aromatic heterocycles. The first-order valence-corrected chi connectivity index (χ1v) is 10.8. The molecule has 0 aromatic rings. The fraction of sp³-hybridized carbons (Fsp3) is 0.933. The minimum atomic E-state index is -3.43. The van der Waals surface area contributed by atoms with E-state index in [0.29, 0.717) is 12.2 Å². The van der Waals surface area contributed by atoms with Gasteiger partial charge in [0, 0.05) is 11.8 Å². The van der Waals surface area contributed by atoms with Crippen molar-refractivity contribution in [1.29, 1.82) is 0 Å². The predicted octanol–water partition coefficient (Wildman–Crippen LogP) is 2.35. The van der Waals surface area contributed by atoms with Gasteiger partial charge in [0.1, 0.15) is 12.2 Å². The molecule has 1 saturated heterocycles. The molecule has 1 aliphatic heterocycles. The summed E-state index contributed by atoms with van der Waals surface area (Å²) in [5.41, 5.74) is 0. The van der Waals surface area contributed by atoms with Crippen molar-refractivity contribution in [2.75, 3.05) is 11.5 Å². The largest absolute Gasteiger partial charge is 0.459 e. The summed E-state index contributed by atoms with van der Waals surface area (Å²) in [5, 5.41) is -0.356. The number of hydrogen-bond donors (Lipinski definition) is 0. The molecule has 126 valence electrons. The molecule has 0 spiro atoms. The highest BCUT2D eigenvalue weighted by molar-refractivity contribution is 7.99. The highest BCUT2D eigenvalue weighted by Gasteiger charge is 2.65. The molecule has 22 heavy (non-hydrogen) atoms. The van der Waals surface area contributed by atoms with E-state index in [-0.39, 0.29) is 29.2 Å². The molecule has 0 amide bonds. The number of hydrogen-bond acceptors (Lipinski definition) is 6. The first-order chi connectivity index (χ1) is 10.5. The Labute approximate surface area is 136 Å². The Hall–Kier alpha value is -0.270. The minimum absolute atomic E-state index is 0.0366. The Morgan fingerprint density at radius 1 is 1.27 bits per heavy atom. The quantitative estimate of drug-likeness (QED) is 0.381. The van der Waals surface area contributed by atoms with E-state index in [4.69, 9.17) is 8.92 Å². The van der Waals surface area contributed by atoms with Crippen LogP contribution in [0.1, 0.15) is 45.4 Å². The van der Waals surface area contributed by atoms with Gasteiger partial charge in [-0.25, -0.2) is 0 Å². The predicted molar refractivity (Wildman–Crippen MR) is 85.1 cm³/mol. The van der Waals surface area contributed by atoms with Crippen LogP contribution in [-0.4, -0.2) is 43.4 Å². The van der Waals surface area contributed by atoms with Crippen LogP contribution in [-0.2, 0) is 23.8 Å². The Kier molecular flexibility index (Phi) is 5.04. The van der Waals surface area contributed by atoms with Crippen molar-refractivity contribution in [2.45, 2.75) is 62.9 Å². The average Bonchev–Trinajstić information content (AvgIpc) is 3.07. The highest BCUT2D eigenvalue weighted by Crippen LogP contribution is 2.55. The normalized spacial score (nSPS) is 37.6. The van der Waals surface area contributed by atoms with Crippen LogP contribution in [0.4, 0.5) is 0 Å². The van der Waals surface area contributed by atoms with E-state index in [1.54, 1.807) is 11.8 Å². The molecule has 2 bridgehead atoms. The Morgan fingerprint density at radius 3 is 2.86 bits per heavy atom. The molecule has 5 nitrogen and oxygen atoms in total. The third-order valence-electron chi connectivity index (χ3n) is 5.04. The molecule has 0 radical (unpaired) electrons. The molecule has 2 aliphatic carbocycles. The van der Waals surface area contributed by atoms with Crippen LogP contribution >= 0.6 is 11.8 Å². The first kappa shape index (κ1) is 16.6. The second-order valence-electron chi connectivity index (χ2n) is 6.56. The Balaban J connectivity index is 1.42. The van der Waals surface area contributed by atoms with Crippen molar-refractivity contribution in [3.05, 3.63) is 0 Å². The van der Waals surface area contributed by atoms with Gasteiger partial charge in [-0.2, -0.15) is 20.2 Å². The molecule has 2 saturated carbocycles. The second kappa shape index (κ2) is 6.69. The number of unbranched alkanes of at least 4 members (excludes halogenated alkanes) is 3. The van der Waals surface area contributed by atoms with E-state index in [1.165, 1.54) is 19.3 Å². The van der Waals surface area contributed by atoms with Gasteiger partial charge in [0.05, 0.1) is 11.0 Å². The average molecular weight is 348 g/mol. The smallest absolute Gasteiger partial charge is 0.316 e.